The van der Waals surface area contributed by atoms with Crippen LogP contribution in [-0.4, -0.2) is 28.9 Å². The maximum Gasteiger partial charge on any atom is 0.317 e. The molecule has 0 saturated heterocycles. The van der Waals surface area contributed by atoms with Crippen molar-refractivity contribution < 1.29 is 14.7 Å². The molecule has 2 atom stereocenters. The summed E-state index contributed by atoms with van der Waals surface area (Å²) in [5, 5.41) is 9.20. The van der Waals surface area contributed by atoms with Crippen molar-refractivity contribution in [1.29, 1.82) is 0 Å². The Kier molecular flexibility index (Phi) is 5.95. The van der Waals surface area contributed by atoms with E-state index in [9.17, 15) is 14.7 Å². The zero-order valence-electron chi connectivity index (χ0n) is 9.87. The van der Waals surface area contributed by atoms with Crippen molar-refractivity contribution in [3.63, 3.8) is 0 Å². The zero-order chi connectivity index (χ0) is 12.1. The lowest BCUT2D eigenvalue weighted by atomic mass is 9.74. The molecule has 3 nitrogen and oxygen atoms in total. The van der Waals surface area contributed by atoms with E-state index in [-0.39, 0.29) is 11.7 Å². The number of Topliss-reactive ketones (excluding diaryl/α,β-unsaturated/α-hetero) is 1. The molecule has 1 unspecified atom stereocenters. The number of hydrogen-bond donors (Lipinski definition) is 1. The summed E-state index contributed by atoms with van der Waals surface area (Å²) in [5.41, 5.74) is -1.22. The normalized spacial score (nSPS) is 16.8. The second-order valence-corrected chi connectivity index (χ2v) is 4.95. The first-order valence-electron chi connectivity index (χ1n) is 5.16. The number of carboxylic acid groups (broad SMARTS) is 1. The fourth-order valence-electron chi connectivity index (χ4n) is 1.51. The Balaban J connectivity index is 4.88. The molecule has 4 heteroatoms. The SMILES string of the molecule is CCCC(=O)[C@@](C)(C(=O)O)C(C)CSC. The molecule has 0 aliphatic rings. The number of ketones is 1. The van der Waals surface area contributed by atoms with Crippen LogP contribution in [0, 0.1) is 11.3 Å². The van der Waals surface area contributed by atoms with E-state index >= 15 is 0 Å². The van der Waals surface area contributed by atoms with Gasteiger partial charge >= 0.3 is 5.97 Å². The summed E-state index contributed by atoms with van der Waals surface area (Å²) in [7, 11) is 0. The Morgan fingerprint density at radius 3 is 2.33 bits per heavy atom. The molecule has 0 aromatic heterocycles. The molecule has 0 bridgehead atoms. The Morgan fingerprint density at radius 2 is 2.00 bits per heavy atom. The molecule has 0 saturated carbocycles. The molecule has 0 heterocycles. The van der Waals surface area contributed by atoms with Gasteiger partial charge in [-0.15, -0.1) is 0 Å². The molecular formula is C11H20O3S. The van der Waals surface area contributed by atoms with Crippen LogP contribution >= 0.6 is 11.8 Å². The largest absolute Gasteiger partial charge is 0.480 e. The smallest absolute Gasteiger partial charge is 0.317 e. The molecule has 0 aromatic rings. The minimum Gasteiger partial charge on any atom is -0.480 e. The highest BCUT2D eigenvalue weighted by Gasteiger charge is 2.44. The van der Waals surface area contributed by atoms with E-state index in [1.165, 1.54) is 0 Å². The van der Waals surface area contributed by atoms with Crippen molar-refractivity contribution in [3.8, 4) is 0 Å². The summed E-state index contributed by atoms with van der Waals surface area (Å²) in [6.45, 7) is 5.27. The van der Waals surface area contributed by atoms with Crippen LogP contribution in [0.25, 0.3) is 0 Å². The zero-order valence-corrected chi connectivity index (χ0v) is 10.7. The number of carbonyl (C=O) groups is 2. The van der Waals surface area contributed by atoms with Crippen LogP contribution in [-0.2, 0) is 9.59 Å². The summed E-state index contributed by atoms with van der Waals surface area (Å²) >= 11 is 1.57. The molecular weight excluding hydrogens is 212 g/mol. The van der Waals surface area contributed by atoms with Crippen LogP contribution in [0.15, 0.2) is 0 Å². The van der Waals surface area contributed by atoms with Gasteiger partial charge in [-0.25, -0.2) is 0 Å². The molecule has 0 aliphatic heterocycles. The average molecular weight is 232 g/mol. The maximum absolute atomic E-state index is 11.8. The van der Waals surface area contributed by atoms with E-state index in [1.54, 1.807) is 18.7 Å². The van der Waals surface area contributed by atoms with E-state index < -0.39 is 11.4 Å². The van der Waals surface area contributed by atoms with E-state index in [1.807, 2.05) is 20.1 Å². The second kappa shape index (κ2) is 6.16. The third kappa shape index (κ3) is 3.23. The van der Waals surface area contributed by atoms with E-state index in [2.05, 4.69) is 0 Å². The summed E-state index contributed by atoms with van der Waals surface area (Å²) in [6, 6.07) is 0. The maximum atomic E-state index is 11.8. The average Bonchev–Trinajstić information content (AvgIpc) is 2.16. The lowest BCUT2D eigenvalue weighted by molar-refractivity contribution is -0.156. The van der Waals surface area contributed by atoms with Gasteiger partial charge in [-0.1, -0.05) is 13.8 Å². The Bertz CT molecular complexity index is 240. The van der Waals surface area contributed by atoms with E-state index in [0.29, 0.717) is 18.6 Å². The summed E-state index contributed by atoms with van der Waals surface area (Å²) in [5.74, 6) is -0.594. The van der Waals surface area contributed by atoms with Crippen molar-refractivity contribution in [2.45, 2.75) is 33.6 Å². The first-order valence-corrected chi connectivity index (χ1v) is 6.56. The van der Waals surface area contributed by atoms with Gasteiger partial charge in [-0.3, -0.25) is 9.59 Å². The Hall–Kier alpha value is -0.510. The number of carbonyl (C=O) groups excluding carboxylic acids is 1. The predicted octanol–water partition coefficient (Wildman–Crippen LogP) is 2.45. The van der Waals surface area contributed by atoms with Crippen molar-refractivity contribution in [3.05, 3.63) is 0 Å². The Labute approximate surface area is 95.6 Å². The van der Waals surface area contributed by atoms with Gasteiger partial charge in [0.2, 0.25) is 0 Å². The molecule has 1 N–H and O–H groups in total. The minimum atomic E-state index is -1.22. The van der Waals surface area contributed by atoms with Crippen LogP contribution in [0.3, 0.4) is 0 Å². The number of carboxylic acids is 1. The molecule has 15 heavy (non-hydrogen) atoms. The molecule has 0 fully saturated rings. The van der Waals surface area contributed by atoms with Gasteiger partial charge < -0.3 is 5.11 Å². The van der Waals surface area contributed by atoms with Crippen molar-refractivity contribution in [2.24, 2.45) is 11.3 Å². The lowest BCUT2D eigenvalue weighted by Gasteiger charge is -2.29. The topological polar surface area (TPSA) is 54.4 Å². The number of rotatable bonds is 7. The van der Waals surface area contributed by atoms with Crippen LogP contribution in [0.1, 0.15) is 33.6 Å². The van der Waals surface area contributed by atoms with Gasteiger partial charge in [0.05, 0.1) is 0 Å². The first kappa shape index (κ1) is 14.5. The third-order valence-electron chi connectivity index (χ3n) is 2.90. The second-order valence-electron chi connectivity index (χ2n) is 4.04. The standard InChI is InChI=1S/C11H20O3S/c1-5-6-9(12)11(3,10(13)14)8(2)7-15-4/h8H,5-7H2,1-4H3,(H,13,14)/t8?,11-/m0/s1. The van der Waals surface area contributed by atoms with Gasteiger partial charge in [0.25, 0.3) is 0 Å². The molecule has 0 aliphatic carbocycles. The minimum absolute atomic E-state index is 0.135. The summed E-state index contributed by atoms with van der Waals surface area (Å²) in [6.07, 6.45) is 2.97. The van der Waals surface area contributed by atoms with Crippen molar-refractivity contribution in [1.82, 2.24) is 0 Å². The highest BCUT2D eigenvalue weighted by molar-refractivity contribution is 7.98. The summed E-state index contributed by atoms with van der Waals surface area (Å²) in [4.78, 5) is 23.1. The fraction of sp³-hybridized carbons (Fsp3) is 0.818. The van der Waals surface area contributed by atoms with Gasteiger partial charge in [0.15, 0.2) is 0 Å². The molecule has 0 rings (SSSR count). The molecule has 0 aromatic carbocycles. The first-order chi connectivity index (χ1) is 6.91. The van der Waals surface area contributed by atoms with Crippen molar-refractivity contribution >= 4 is 23.5 Å². The quantitative estimate of drug-likeness (QED) is 0.685. The molecule has 88 valence electrons. The van der Waals surface area contributed by atoms with Crippen LogP contribution < -0.4 is 0 Å². The van der Waals surface area contributed by atoms with Crippen molar-refractivity contribution in [2.75, 3.05) is 12.0 Å². The van der Waals surface area contributed by atoms with E-state index in [0.717, 1.165) is 0 Å². The molecule has 0 spiro atoms. The highest BCUT2D eigenvalue weighted by atomic mass is 32.2. The number of aliphatic carboxylic acids is 1. The molecule has 0 amide bonds. The Morgan fingerprint density at radius 1 is 1.47 bits per heavy atom. The fourth-order valence-corrected chi connectivity index (χ4v) is 2.34. The predicted molar refractivity (Wildman–Crippen MR) is 63.2 cm³/mol. The van der Waals surface area contributed by atoms with Crippen LogP contribution in [0.5, 0.6) is 0 Å². The van der Waals surface area contributed by atoms with Crippen LogP contribution in [0.2, 0.25) is 0 Å². The lowest BCUT2D eigenvalue weighted by Crippen LogP contribution is -2.43. The molecule has 0 radical (unpaired) electrons. The summed E-state index contributed by atoms with van der Waals surface area (Å²) < 4.78 is 0. The van der Waals surface area contributed by atoms with Gasteiger partial charge in [0, 0.05) is 6.42 Å². The van der Waals surface area contributed by atoms with Gasteiger partial charge in [-0.2, -0.15) is 11.8 Å². The monoisotopic (exact) mass is 232 g/mol. The van der Waals surface area contributed by atoms with Crippen LogP contribution in [0.4, 0.5) is 0 Å². The number of hydrogen-bond acceptors (Lipinski definition) is 3. The van der Waals surface area contributed by atoms with E-state index in [4.69, 9.17) is 0 Å². The highest BCUT2D eigenvalue weighted by Crippen LogP contribution is 2.32. The van der Waals surface area contributed by atoms with Gasteiger partial charge in [-0.05, 0) is 31.3 Å². The number of thioether (sulfide) groups is 1. The third-order valence-corrected chi connectivity index (χ3v) is 3.74. The van der Waals surface area contributed by atoms with Gasteiger partial charge in [0.1, 0.15) is 11.2 Å².